The third-order valence-corrected chi connectivity index (χ3v) is 4.79. The molecule has 1 aromatic rings. The molecule has 1 amide bonds. The Morgan fingerprint density at radius 3 is 2.45 bits per heavy atom. The molecular formula is C14H19NO4S. The quantitative estimate of drug-likeness (QED) is 0.926. The van der Waals surface area contributed by atoms with Crippen molar-refractivity contribution in [3.05, 3.63) is 30.3 Å². The number of ether oxygens (including phenoxy) is 1. The number of hydrogen-bond donors (Lipinski definition) is 1. The van der Waals surface area contributed by atoms with Gasteiger partial charge in [0.05, 0.1) is 4.90 Å². The van der Waals surface area contributed by atoms with Gasteiger partial charge in [-0.3, -0.25) is 0 Å². The normalized spacial score (nSPS) is 16.6. The molecule has 1 fully saturated rings. The minimum atomic E-state index is -3.58. The van der Waals surface area contributed by atoms with E-state index in [1.807, 2.05) is 0 Å². The fourth-order valence-electron chi connectivity index (χ4n) is 2.28. The monoisotopic (exact) mass is 297 g/mol. The molecule has 6 heteroatoms. The summed E-state index contributed by atoms with van der Waals surface area (Å²) in [6.07, 6.45) is 4.58. The number of hydrogen-bond acceptors (Lipinski definition) is 4. The van der Waals surface area contributed by atoms with Crippen molar-refractivity contribution in [3.8, 4) is 0 Å². The van der Waals surface area contributed by atoms with Gasteiger partial charge in [0.25, 0.3) is 0 Å². The number of carbonyl (C=O) groups excluding carboxylic acids is 1. The second kappa shape index (κ2) is 6.74. The third kappa shape index (κ3) is 4.23. The van der Waals surface area contributed by atoms with Gasteiger partial charge < -0.3 is 10.1 Å². The number of sulfone groups is 1. The zero-order valence-electron chi connectivity index (χ0n) is 11.2. The first-order valence-corrected chi connectivity index (χ1v) is 8.44. The van der Waals surface area contributed by atoms with Crippen molar-refractivity contribution < 1.29 is 17.9 Å². The van der Waals surface area contributed by atoms with Gasteiger partial charge in [-0.15, -0.1) is 0 Å². The average molecular weight is 297 g/mol. The fourth-order valence-corrected chi connectivity index (χ4v) is 3.25. The van der Waals surface area contributed by atoms with E-state index in [0.717, 1.165) is 25.7 Å². The maximum Gasteiger partial charge on any atom is 0.408 e. The number of carbonyl (C=O) groups is 1. The van der Waals surface area contributed by atoms with E-state index in [-0.39, 0.29) is 10.9 Å². The van der Waals surface area contributed by atoms with E-state index in [2.05, 4.69) is 5.32 Å². The fraction of sp³-hybridized carbons (Fsp3) is 0.500. The predicted octanol–water partition coefficient (Wildman–Crippen LogP) is 2.48. The average Bonchev–Trinajstić information content (AvgIpc) is 2.47. The summed E-state index contributed by atoms with van der Waals surface area (Å²) < 4.78 is 28.7. The first-order valence-electron chi connectivity index (χ1n) is 6.79. The summed E-state index contributed by atoms with van der Waals surface area (Å²) >= 11 is 0. The van der Waals surface area contributed by atoms with Gasteiger partial charge in [-0.2, -0.15) is 0 Å². The minimum Gasteiger partial charge on any atom is -0.433 e. The molecule has 110 valence electrons. The molecule has 20 heavy (non-hydrogen) atoms. The van der Waals surface area contributed by atoms with Crippen LogP contribution in [0.15, 0.2) is 35.2 Å². The number of rotatable bonds is 4. The molecule has 1 aliphatic rings. The van der Waals surface area contributed by atoms with Crippen LogP contribution in [-0.2, 0) is 14.6 Å². The zero-order chi connectivity index (χ0) is 14.4. The maximum absolute atomic E-state index is 11.9. The first-order chi connectivity index (χ1) is 9.58. The van der Waals surface area contributed by atoms with Crippen molar-refractivity contribution in [2.24, 2.45) is 0 Å². The Balaban J connectivity index is 1.83. The summed E-state index contributed by atoms with van der Waals surface area (Å²) in [4.78, 5) is 11.7. The van der Waals surface area contributed by atoms with Crippen LogP contribution >= 0.6 is 0 Å². The Morgan fingerprint density at radius 2 is 1.80 bits per heavy atom. The van der Waals surface area contributed by atoms with Crippen LogP contribution < -0.4 is 5.32 Å². The van der Waals surface area contributed by atoms with Crippen LogP contribution in [0, 0.1) is 0 Å². The molecule has 1 aromatic carbocycles. The molecule has 1 saturated carbocycles. The van der Waals surface area contributed by atoms with Crippen molar-refractivity contribution in [2.75, 3.05) is 5.94 Å². The van der Waals surface area contributed by atoms with E-state index in [4.69, 9.17) is 4.74 Å². The van der Waals surface area contributed by atoms with Gasteiger partial charge in [0, 0.05) is 6.04 Å². The molecular weight excluding hydrogens is 278 g/mol. The van der Waals surface area contributed by atoms with Gasteiger partial charge in [0.1, 0.15) is 0 Å². The SMILES string of the molecule is O=C(NC1CCCCC1)OCS(=O)(=O)c1ccccc1. The standard InChI is InChI=1S/C14H19NO4S/c16-14(15-12-7-3-1-4-8-12)19-11-20(17,18)13-9-5-2-6-10-13/h2,5-6,9-10,12H,1,3-4,7-8,11H2,(H,15,16). The highest BCUT2D eigenvalue weighted by atomic mass is 32.2. The van der Waals surface area contributed by atoms with Gasteiger partial charge >= 0.3 is 6.09 Å². The smallest absolute Gasteiger partial charge is 0.408 e. The molecule has 0 atom stereocenters. The van der Waals surface area contributed by atoms with Crippen LogP contribution in [0.4, 0.5) is 4.79 Å². The van der Waals surface area contributed by atoms with Gasteiger partial charge in [0.2, 0.25) is 9.84 Å². The van der Waals surface area contributed by atoms with Crippen molar-refractivity contribution >= 4 is 15.9 Å². The molecule has 1 aliphatic carbocycles. The van der Waals surface area contributed by atoms with Crippen LogP contribution in [0.2, 0.25) is 0 Å². The third-order valence-electron chi connectivity index (χ3n) is 3.37. The number of amides is 1. The Bertz CT molecular complexity index is 536. The van der Waals surface area contributed by atoms with Crippen LogP contribution in [0.1, 0.15) is 32.1 Å². The van der Waals surface area contributed by atoms with Gasteiger partial charge in [-0.1, -0.05) is 37.5 Å². The molecule has 0 aliphatic heterocycles. The molecule has 2 rings (SSSR count). The lowest BCUT2D eigenvalue weighted by Gasteiger charge is -2.22. The van der Waals surface area contributed by atoms with E-state index < -0.39 is 21.9 Å². The van der Waals surface area contributed by atoms with Gasteiger partial charge in [-0.05, 0) is 25.0 Å². The number of nitrogens with one attached hydrogen (secondary N) is 1. The Hall–Kier alpha value is -1.56. The number of alkyl carbamates (subject to hydrolysis) is 1. The zero-order valence-corrected chi connectivity index (χ0v) is 12.1. The van der Waals surface area contributed by atoms with Crippen LogP contribution in [0.25, 0.3) is 0 Å². The lowest BCUT2D eigenvalue weighted by atomic mass is 9.96. The van der Waals surface area contributed by atoms with Crippen molar-refractivity contribution in [2.45, 2.75) is 43.0 Å². The molecule has 5 nitrogen and oxygen atoms in total. The lowest BCUT2D eigenvalue weighted by molar-refractivity contribution is 0.156. The molecule has 0 aromatic heterocycles. The van der Waals surface area contributed by atoms with Gasteiger partial charge in [-0.25, -0.2) is 13.2 Å². The van der Waals surface area contributed by atoms with E-state index in [1.165, 1.54) is 18.6 Å². The minimum absolute atomic E-state index is 0.107. The van der Waals surface area contributed by atoms with E-state index in [1.54, 1.807) is 18.2 Å². The highest BCUT2D eigenvalue weighted by molar-refractivity contribution is 7.91. The summed E-state index contributed by atoms with van der Waals surface area (Å²) in [5.41, 5.74) is 0. The highest BCUT2D eigenvalue weighted by Gasteiger charge is 2.19. The Labute approximate surface area is 119 Å². The summed E-state index contributed by atoms with van der Waals surface area (Å²) in [5, 5.41) is 2.72. The second-order valence-electron chi connectivity index (χ2n) is 4.96. The number of benzene rings is 1. The van der Waals surface area contributed by atoms with Gasteiger partial charge in [0.15, 0.2) is 5.94 Å². The van der Waals surface area contributed by atoms with Crippen LogP contribution in [-0.4, -0.2) is 26.5 Å². The molecule has 0 heterocycles. The molecule has 0 spiro atoms. The summed E-state index contributed by atoms with van der Waals surface area (Å²) in [5.74, 6) is -0.629. The van der Waals surface area contributed by atoms with Crippen molar-refractivity contribution in [3.63, 3.8) is 0 Å². The first kappa shape index (κ1) is 14.8. The van der Waals surface area contributed by atoms with Crippen molar-refractivity contribution in [1.82, 2.24) is 5.32 Å². The van der Waals surface area contributed by atoms with Crippen LogP contribution in [0.5, 0.6) is 0 Å². The lowest BCUT2D eigenvalue weighted by Crippen LogP contribution is -2.37. The largest absolute Gasteiger partial charge is 0.433 e. The van der Waals surface area contributed by atoms with Crippen LogP contribution in [0.3, 0.4) is 0 Å². The molecule has 0 bridgehead atoms. The van der Waals surface area contributed by atoms with Crippen molar-refractivity contribution in [1.29, 1.82) is 0 Å². The predicted molar refractivity (Wildman–Crippen MR) is 75.0 cm³/mol. The molecule has 0 saturated heterocycles. The maximum atomic E-state index is 11.9. The Morgan fingerprint density at radius 1 is 1.15 bits per heavy atom. The van der Waals surface area contributed by atoms with E-state index >= 15 is 0 Å². The summed E-state index contributed by atoms with van der Waals surface area (Å²) in [7, 11) is -3.58. The highest BCUT2D eigenvalue weighted by Crippen LogP contribution is 2.17. The molecule has 0 unspecified atom stereocenters. The Kier molecular flexibility index (Phi) is 5.00. The molecule has 0 radical (unpaired) electrons. The summed E-state index contributed by atoms with van der Waals surface area (Å²) in [6, 6.07) is 8.07. The topological polar surface area (TPSA) is 72.5 Å². The van der Waals surface area contributed by atoms with E-state index in [9.17, 15) is 13.2 Å². The second-order valence-corrected chi connectivity index (χ2v) is 6.89. The molecule has 1 N–H and O–H groups in total. The van der Waals surface area contributed by atoms with E-state index in [0.29, 0.717) is 0 Å². The summed E-state index contributed by atoms with van der Waals surface area (Å²) in [6.45, 7) is 0.